The number of thioether (sulfide) groups is 1. The number of nitrogens with one attached hydrogen (secondary N) is 2. The van der Waals surface area contributed by atoms with E-state index in [0.717, 1.165) is 42.7 Å². The molecule has 2 atom stereocenters. The monoisotopic (exact) mass is 288 g/mol. The van der Waals surface area contributed by atoms with Crippen molar-refractivity contribution in [2.75, 3.05) is 30.7 Å². The summed E-state index contributed by atoms with van der Waals surface area (Å²) in [4.78, 5) is 9.32. The molecule has 20 heavy (non-hydrogen) atoms. The van der Waals surface area contributed by atoms with Gasteiger partial charge in [0.25, 0.3) is 0 Å². The Bertz CT molecular complexity index is 588. The Morgan fingerprint density at radius 1 is 1.30 bits per heavy atom. The van der Waals surface area contributed by atoms with Gasteiger partial charge in [-0.05, 0) is 12.1 Å². The summed E-state index contributed by atoms with van der Waals surface area (Å²) < 4.78 is 6.22. The molecule has 1 aromatic carbocycles. The minimum atomic E-state index is -0.373. The maximum absolute atomic E-state index is 6.22. The lowest BCUT2D eigenvalue weighted by atomic mass is 9.92. The topological polar surface area (TPSA) is 58.0 Å². The molecule has 104 valence electrons. The summed E-state index contributed by atoms with van der Waals surface area (Å²) in [5, 5.41) is 6.82. The number of anilines is 1. The molecule has 2 unspecified atom stereocenters. The first-order valence-electron chi connectivity index (χ1n) is 6.82. The predicted molar refractivity (Wildman–Crippen MR) is 83.3 cm³/mol. The summed E-state index contributed by atoms with van der Waals surface area (Å²) in [6.45, 7) is 2.47. The lowest BCUT2D eigenvalue weighted by molar-refractivity contribution is 0.161. The second-order valence-corrected chi connectivity index (χ2v) is 5.94. The molecule has 0 bridgehead atoms. The number of ether oxygens (including phenoxy) is 1. The highest BCUT2D eigenvalue weighted by Gasteiger charge is 2.49. The summed E-state index contributed by atoms with van der Waals surface area (Å²) >= 11 is 1.72. The highest BCUT2D eigenvalue weighted by molar-refractivity contribution is 8.12. The molecule has 3 aliphatic rings. The number of hydrogen-bond acceptors (Lipinski definition) is 6. The number of fused-ring (bicyclic) bond motifs is 1. The maximum atomic E-state index is 6.22. The van der Waals surface area contributed by atoms with Gasteiger partial charge in [0.05, 0.1) is 24.3 Å². The van der Waals surface area contributed by atoms with E-state index in [4.69, 9.17) is 9.73 Å². The third-order valence-corrected chi connectivity index (χ3v) is 4.77. The summed E-state index contributed by atoms with van der Waals surface area (Å²) in [5.41, 5.74) is 2.60. The molecule has 0 aliphatic carbocycles. The number of amidine groups is 1. The van der Waals surface area contributed by atoms with Crippen molar-refractivity contribution < 1.29 is 4.74 Å². The lowest BCUT2D eigenvalue weighted by Crippen LogP contribution is -2.58. The van der Waals surface area contributed by atoms with Crippen molar-refractivity contribution in [2.45, 2.75) is 11.6 Å². The maximum Gasteiger partial charge on any atom is 0.165 e. The minimum Gasteiger partial charge on any atom is -0.483 e. The van der Waals surface area contributed by atoms with Crippen LogP contribution >= 0.6 is 11.8 Å². The van der Waals surface area contributed by atoms with Gasteiger partial charge in [0, 0.05) is 12.3 Å². The van der Waals surface area contributed by atoms with Crippen LogP contribution in [0.4, 0.5) is 5.69 Å². The van der Waals surface area contributed by atoms with Gasteiger partial charge in [0.1, 0.15) is 17.7 Å². The largest absolute Gasteiger partial charge is 0.483 e. The van der Waals surface area contributed by atoms with E-state index in [9.17, 15) is 0 Å². The summed E-state index contributed by atoms with van der Waals surface area (Å²) in [6.07, 6.45) is -0.0343. The SMILES string of the molecule is C1=NC(C2=NCCN2)(C2CNc3ccccc3O2)CS1. The van der Waals surface area contributed by atoms with Crippen molar-refractivity contribution in [2.24, 2.45) is 9.98 Å². The smallest absolute Gasteiger partial charge is 0.165 e. The Morgan fingerprint density at radius 3 is 3.05 bits per heavy atom. The first-order valence-corrected chi connectivity index (χ1v) is 7.87. The van der Waals surface area contributed by atoms with Crippen LogP contribution in [0.5, 0.6) is 5.75 Å². The van der Waals surface area contributed by atoms with E-state index >= 15 is 0 Å². The zero-order valence-electron chi connectivity index (χ0n) is 11.0. The second kappa shape index (κ2) is 4.70. The Hall–Kier alpha value is -1.69. The first kappa shape index (κ1) is 12.1. The van der Waals surface area contributed by atoms with Crippen molar-refractivity contribution in [3.05, 3.63) is 24.3 Å². The van der Waals surface area contributed by atoms with Gasteiger partial charge in [-0.1, -0.05) is 12.1 Å². The second-order valence-electron chi connectivity index (χ2n) is 5.11. The van der Waals surface area contributed by atoms with Crippen molar-refractivity contribution in [3.63, 3.8) is 0 Å². The first-order chi connectivity index (χ1) is 9.88. The number of nitrogens with zero attached hydrogens (tertiary/aromatic N) is 2. The zero-order valence-corrected chi connectivity index (χ0v) is 11.8. The van der Waals surface area contributed by atoms with Crippen LogP contribution in [0.1, 0.15) is 0 Å². The van der Waals surface area contributed by atoms with Crippen LogP contribution in [0.25, 0.3) is 0 Å². The molecule has 0 amide bonds. The lowest BCUT2D eigenvalue weighted by Gasteiger charge is -2.38. The summed E-state index contributed by atoms with van der Waals surface area (Å²) in [6, 6.07) is 8.04. The number of rotatable bonds is 2. The molecule has 1 aromatic rings. The molecule has 3 heterocycles. The van der Waals surface area contributed by atoms with Gasteiger partial charge in [-0.3, -0.25) is 9.98 Å². The quantitative estimate of drug-likeness (QED) is 0.863. The molecular weight excluding hydrogens is 272 g/mol. The van der Waals surface area contributed by atoms with Crippen molar-refractivity contribution >= 4 is 28.8 Å². The number of para-hydroxylation sites is 2. The molecule has 0 radical (unpaired) electrons. The third kappa shape index (κ3) is 1.78. The van der Waals surface area contributed by atoms with Crippen LogP contribution < -0.4 is 15.4 Å². The van der Waals surface area contributed by atoms with Crippen molar-refractivity contribution in [3.8, 4) is 5.75 Å². The fourth-order valence-electron chi connectivity index (χ4n) is 2.86. The van der Waals surface area contributed by atoms with E-state index in [2.05, 4.69) is 15.6 Å². The van der Waals surface area contributed by atoms with Crippen molar-refractivity contribution in [1.29, 1.82) is 0 Å². The molecule has 5 nitrogen and oxygen atoms in total. The summed E-state index contributed by atoms with van der Waals surface area (Å²) in [7, 11) is 0. The van der Waals surface area contributed by atoms with Crippen molar-refractivity contribution in [1.82, 2.24) is 5.32 Å². The average molecular weight is 288 g/mol. The summed E-state index contributed by atoms with van der Waals surface area (Å²) in [5.74, 6) is 2.76. The molecule has 0 aromatic heterocycles. The molecule has 3 aliphatic heterocycles. The number of hydrogen-bond donors (Lipinski definition) is 2. The molecule has 6 heteroatoms. The van der Waals surface area contributed by atoms with Gasteiger partial charge >= 0.3 is 0 Å². The number of benzene rings is 1. The van der Waals surface area contributed by atoms with Crippen LogP contribution in [0.15, 0.2) is 34.3 Å². The highest BCUT2D eigenvalue weighted by atomic mass is 32.2. The fourth-order valence-corrected chi connectivity index (χ4v) is 3.85. The van der Waals surface area contributed by atoms with Gasteiger partial charge in [-0.2, -0.15) is 0 Å². The Balaban J connectivity index is 1.67. The van der Waals surface area contributed by atoms with Gasteiger partial charge in [-0.15, -0.1) is 11.8 Å². The van der Waals surface area contributed by atoms with Crippen LogP contribution in [-0.4, -0.2) is 48.4 Å². The third-order valence-electron chi connectivity index (χ3n) is 3.91. The molecule has 0 fully saturated rings. The van der Waals surface area contributed by atoms with E-state index in [-0.39, 0.29) is 11.6 Å². The Kier molecular flexibility index (Phi) is 2.84. The minimum absolute atomic E-state index is 0.0343. The van der Waals surface area contributed by atoms with E-state index in [0.29, 0.717) is 0 Å². The van der Waals surface area contributed by atoms with Crippen LogP contribution in [0, 0.1) is 0 Å². The fraction of sp³-hybridized carbons (Fsp3) is 0.429. The zero-order chi connectivity index (χ0) is 13.4. The van der Waals surface area contributed by atoms with E-state index in [1.54, 1.807) is 11.8 Å². The Morgan fingerprint density at radius 2 is 2.25 bits per heavy atom. The highest BCUT2D eigenvalue weighted by Crippen LogP contribution is 2.37. The molecule has 0 saturated heterocycles. The Labute approximate surface area is 121 Å². The predicted octanol–water partition coefficient (Wildman–Crippen LogP) is 1.38. The molecule has 4 rings (SSSR count). The standard InChI is InChI=1S/C14H16N4OS/c1-2-4-11-10(3-1)17-7-12(19-11)14(8-20-9-18-14)13-15-5-6-16-13/h1-4,9,12,17H,5-8H2,(H,15,16). The molecule has 0 saturated carbocycles. The van der Waals surface area contributed by atoms with Crippen LogP contribution in [0.3, 0.4) is 0 Å². The van der Waals surface area contributed by atoms with Crippen LogP contribution in [-0.2, 0) is 0 Å². The molecule has 2 N–H and O–H groups in total. The van der Waals surface area contributed by atoms with E-state index in [1.165, 1.54) is 0 Å². The van der Waals surface area contributed by atoms with Gasteiger partial charge in [0.2, 0.25) is 0 Å². The average Bonchev–Trinajstić information content (AvgIpc) is 3.18. The molecular formula is C14H16N4OS. The normalized spacial score (nSPS) is 31.0. The van der Waals surface area contributed by atoms with Gasteiger partial charge in [0.15, 0.2) is 5.54 Å². The number of aliphatic imine (C=N–C) groups is 2. The van der Waals surface area contributed by atoms with Gasteiger partial charge < -0.3 is 15.4 Å². The van der Waals surface area contributed by atoms with E-state index in [1.807, 2.05) is 29.8 Å². The van der Waals surface area contributed by atoms with Crippen LogP contribution in [0.2, 0.25) is 0 Å². The van der Waals surface area contributed by atoms with E-state index < -0.39 is 0 Å². The van der Waals surface area contributed by atoms with Gasteiger partial charge in [-0.25, -0.2) is 0 Å². The molecule has 0 spiro atoms.